The number of rotatable bonds is 2. The predicted octanol–water partition coefficient (Wildman–Crippen LogP) is 3.06. The Labute approximate surface area is 111 Å². The largest absolute Gasteiger partial charge is 0.480 e. The molecule has 0 radical (unpaired) electrons. The Bertz CT molecular complexity index is 437. The second-order valence-corrected chi connectivity index (χ2v) is 6.32. The van der Waals surface area contributed by atoms with E-state index in [2.05, 4.69) is 4.90 Å². The van der Waals surface area contributed by atoms with Crippen LogP contribution in [0.2, 0.25) is 0 Å². The molecular weight excluding hydrogens is 246 g/mol. The van der Waals surface area contributed by atoms with Gasteiger partial charge in [0.1, 0.15) is 6.04 Å². The van der Waals surface area contributed by atoms with Crippen molar-refractivity contribution in [3.05, 3.63) is 21.9 Å². The number of carboxylic acid groups (broad SMARTS) is 1. The summed E-state index contributed by atoms with van der Waals surface area (Å²) in [6.07, 6.45) is 7.18. The molecule has 1 saturated carbocycles. The third-order valence-electron chi connectivity index (χ3n) is 4.28. The SMILES string of the molecule is O=C(O)C1c2ccsc2CCN1C1CCCCC1. The first kappa shape index (κ1) is 12.2. The molecule has 1 fully saturated rings. The second-order valence-electron chi connectivity index (χ2n) is 5.32. The summed E-state index contributed by atoms with van der Waals surface area (Å²) in [6.45, 7) is 0.912. The van der Waals surface area contributed by atoms with Crippen molar-refractivity contribution in [3.8, 4) is 0 Å². The van der Waals surface area contributed by atoms with Crippen molar-refractivity contribution in [2.75, 3.05) is 6.54 Å². The molecule has 0 spiro atoms. The number of carboxylic acids is 1. The minimum absolute atomic E-state index is 0.400. The third kappa shape index (κ3) is 2.08. The van der Waals surface area contributed by atoms with Gasteiger partial charge in [-0.3, -0.25) is 9.69 Å². The van der Waals surface area contributed by atoms with E-state index >= 15 is 0 Å². The van der Waals surface area contributed by atoms with Crippen molar-refractivity contribution in [2.45, 2.75) is 50.6 Å². The highest BCUT2D eigenvalue weighted by atomic mass is 32.1. The highest BCUT2D eigenvalue weighted by Gasteiger charge is 2.37. The maximum Gasteiger partial charge on any atom is 0.325 e. The van der Waals surface area contributed by atoms with Crippen LogP contribution in [-0.2, 0) is 11.2 Å². The zero-order valence-corrected chi connectivity index (χ0v) is 11.3. The van der Waals surface area contributed by atoms with E-state index in [0.29, 0.717) is 6.04 Å². The molecule has 18 heavy (non-hydrogen) atoms. The third-order valence-corrected chi connectivity index (χ3v) is 5.28. The van der Waals surface area contributed by atoms with E-state index in [4.69, 9.17) is 0 Å². The van der Waals surface area contributed by atoms with Gasteiger partial charge in [0, 0.05) is 17.5 Å². The van der Waals surface area contributed by atoms with E-state index in [-0.39, 0.29) is 0 Å². The molecule has 98 valence electrons. The predicted molar refractivity (Wildman–Crippen MR) is 72.0 cm³/mol. The number of thiophene rings is 1. The standard InChI is InChI=1S/C14H19NO2S/c16-14(17)13-11-7-9-18-12(11)6-8-15(13)10-4-2-1-3-5-10/h7,9-10,13H,1-6,8H2,(H,16,17). The summed E-state index contributed by atoms with van der Waals surface area (Å²) in [4.78, 5) is 15.2. The van der Waals surface area contributed by atoms with Crippen LogP contribution in [-0.4, -0.2) is 28.6 Å². The van der Waals surface area contributed by atoms with Crippen LogP contribution < -0.4 is 0 Å². The lowest BCUT2D eigenvalue weighted by molar-refractivity contribution is -0.145. The van der Waals surface area contributed by atoms with Crippen LogP contribution in [0.5, 0.6) is 0 Å². The van der Waals surface area contributed by atoms with E-state index < -0.39 is 12.0 Å². The monoisotopic (exact) mass is 265 g/mol. The lowest BCUT2D eigenvalue weighted by Gasteiger charge is -2.40. The molecule has 1 unspecified atom stereocenters. The first-order valence-electron chi connectivity index (χ1n) is 6.82. The van der Waals surface area contributed by atoms with Gasteiger partial charge in [-0.05, 0) is 36.3 Å². The molecule has 0 saturated heterocycles. The zero-order valence-electron chi connectivity index (χ0n) is 10.5. The Hall–Kier alpha value is -0.870. The van der Waals surface area contributed by atoms with Gasteiger partial charge in [-0.2, -0.15) is 0 Å². The molecule has 3 nitrogen and oxygen atoms in total. The van der Waals surface area contributed by atoms with Crippen molar-refractivity contribution in [3.63, 3.8) is 0 Å². The summed E-state index contributed by atoms with van der Waals surface area (Å²) in [5.41, 5.74) is 1.05. The van der Waals surface area contributed by atoms with Crippen LogP contribution in [0.15, 0.2) is 11.4 Å². The fourth-order valence-electron chi connectivity index (χ4n) is 3.42. The zero-order chi connectivity index (χ0) is 12.5. The van der Waals surface area contributed by atoms with Gasteiger partial charge in [0.05, 0.1) is 0 Å². The summed E-state index contributed by atoms with van der Waals surface area (Å²) in [5.74, 6) is -0.681. The van der Waals surface area contributed by atoms with Crippen LogP contribution >= 0.6 is 11.3 Å². The number of carbonyl (C=O) groups is 1. The number of aliphatic carboxylic acids is 1. The van der Waals surface area contributed by atoms with Gasteiger partial charge in [0.2, 0.25) is 0 Å². The molecule has 1 aromatic heterocycles. The van der Waals surface area contributed by atoms with Crippen LogP contribution in [0.1, 0.15) is 48.6 Å². The van der Waals surface area contributed by atoms with Gasteiger partial charge in [0.25, 0.3) is 0 Å². The molecule has 2 aliphatic rings. The average molecular weight is 265 g/mol. The molecule has 1 N–H and O–H groups in total. The molecular formula is C14H19NO2S. The van der Waals surface area contributed by atoms with E-state index in [1.54, 1.807) is 11.3 Å². The van der Waals surface area contributed by atoms with Crippen molar-refractivity contribution in [1.82, 2.24) is 4.90 Å². The van der Waals surface area contributed by atoms with Gasteiger partial charge < -0.3 is 5.11 Å². The highest BCUT2D eigenvalue weighted by Crippen LogP contribution is 2.37. The minimum atomic E-state index is -0.681. The maximum absolute atomic E-state index is 11.6. The van der Waals surface area contributed by atoms with Gasteiger partial charge in [-0.25, -0.2) is 0 Å². The smallest absolute Gasteiger partial charge is 0.325 e. The van der Waals surface area contributed by atoms with Crippen molar-refractivity contribution < 1.29 is 9.90 Å². The highest BCUT2D eigenvalue weighted by molar-refractivity contribution is 7.10. The van der Waals surface area contributed by atoms with Crippen LogP contribution in [0, 0.1) is 0 Å². The van der Waals surface area contributed by atoms with Gasteiger partial charge in [-0.15, -0.1) is 11.3 Å². The molecule has 1 aliphatic carbocycles. The van der Waals surface area contributed by atoms with Gasteiger partial charge >= 0.3 is 5.97 Å². The minimum Gasteiger partial charge on any atom is -0.480 e. The number of nitrogens with zero attached hydrogens (tertiary/aromatic N) is 1. The Balaban J connectivity index is 1.88. The average Bonchev–Trinajstić information content (AvgIpc) is 2.86. The van der Waals surface area contributed by atoms with Gasteiger partial charge in [-0.1, -0.05) is 19.3 Å². The summed E-state index contributed by atoms with van der Waals surface area (Å²) in [6, 6.07) is 2.09. The lowest BCUT2D eigenvalue weighted by atomic mass is 9.90. The Kier molecular flexibility index (Phi) is 3.39. The Morgan fingerprint density at radius 3 is 2.83 bits per heavy atom. The summed E-state index contributed by atoms with van der Waals surface area (Å²) < 4.78 is 0. The van der Waals surface area contributed by atoms with Crippen LogP contribution in [0.4, 0.5) is 0 Å². The molecule has 1 atom stereocenters. The Morgan fingerprint density at radius 1 is 1.33 bits per heavy atom. The molecule has 1 aromatic rings. The molecule has 0 bridgehead atoms. The van der Waals surface area contributed by atoms with Gasteiger partial charge in [0.15, 0.2) is 0 Å². The molecule has 2 heterocycles. The fraction of sp³-hybridized carbons (Fsp3) is 0.643. The number of fused-ring (bicyclic) bond motifs is 1. The summed E-state index contributed by atoms with van der Waals surface area (Å²) >= 11 is 1.71. The summed E-state index contributed by atoms with van der Waals surface area (Å²) in [5, 5.41) is 11.6. The van der Waals surface area contributed by atoms with Crippen molar-refractivity contribution >= 4 is 17.3 Å². The quantitative estimate of drug-likeness (QED) is 0.893. The normalized spacial score (nSPS) is 25.9. The fourth-order valence-corrected chi connectivity index (χ4v) is 4.32. The van der Waals surface area contributed by atoms with E-state index in [0.717, 1.165) is 18.5 Å². The first-order valence-corrected chi connectivity index (χ1v) is 7.70. The lowest BCUT2D eigenvalue weighted by Crippen LogP contribution is -2.46. The first-order chi connectivity index (χ1) is 8.77. The number of hydrogen-bond acceptors (Lipinski definition) is 3. The molecule has 0 aromatic carbocycles. The molecule has 1 aliphatic heterocycles. The van der Waals surface area contributed by atoms with Crippen LogP contribution in [0.25, 0.3) is 0 Å². The van der Waals surface area contributed by atoms with Crippen molar-refractivity contribution in [1.29, 1.82) is 0 Å². The second kappa shape index (κ2) is 5.02. The van der Waals surface area contributed by atoms with E-state index in [1.807, 2.05) is 11.4 Å². The maximum atomic E-state index is 11.6. The number of hydrogen-bond donors (Lipinski definition) is 1. The van der Waals surface area contributed by atoms with E-state index in [9.17, 15) is 9.90 Å². The van der Waals surface area contributed by atoms with E-state index in [1.165, 1.54) is 37.0 Å². The molecule has 3 rings (SSSR count). The molecule has 4 heteroatoms. The topological polar surface area (TPSA) is 40.5 Å². The van der Waals surface area contributed by atoms with Crippen LogP contribution in [0.3, 0.4) is 0 Å². The molecule has 0 amide bonds. The van der Waals surface area contributed by atoms with Crippen molar-refractivity contribution in [2.24, 2.45) is 0 Å². The summed E-state index contributed by atoms with van der Waals surface area (Å²) in [7, 11) is 0. The Morgan fingerprint density at radius 2 is 2.11 bits per heavy atom.